The van der Waals surface area contributed by atoms with Gasteiger partial charge in [0.1, 0.15) is 11.9 Å². The third-order valence-corrected chi connectivity index (χ3v) is 6.20. The number of nitrogens with one attached hydrogen (secondary N) is 1. The second-order valence-corrected chi connectivity index (χ2v) is 10.00. The summed E-state index contributed by atoms with van der Waals surface area (Å²) >= 11 is 0. The number of anilines is 2. The van der Waals surface area contributed by atoms with E-state index in [9.17, 15) is 18.0 Å². The maximum atomic E-state index is 13.9. The van der Waals surface area contributed by atoms with Crippen LogP contribution in [-0.4, -0.2) is 52.8 Å². The molecule has 4 aromatic rings. The summed E-state index contributed by atoms with van der Waals surface area (Å²) < 4.78 is 43.6. The number of amides is 1. The first kappa shape index (κ1) is 33.5. The lowest BCUT2D eigenvalue weighted by atomic mass is 10.0. The summed E-state index contributed by atoms with van der Waals surface area (Å²) in [5.74, 6) is -1.10. The van der Waals surface area contributed by atoms with Gasteiger partial charge in [0, 0.05) is 30.9 Å². The van der Waals surface area contributed by atoms with Crippen molar-refractivity contribution in [3.05, 3.63) is 90.1 Å². The number of hydrogen-bond acceptors (Lipinski definition) is 7. The van der Waals surface area contributed by atoms with Gasteiger partial charge in [-0.1, -0.05) is 36.4 Å². The Morgan fingerprint density at radius 3 is 2.32 bits per heavy atom. The van der Waals surface area contributed by atoms with Crippen LogP contribution in [0.5, 0.6) is 11.5 Å². The molecule has 0 aliphatic heterocycles. The number of aliphatic carboxylic acids is 1. The van der Waals surface area contributed by atoms with E-state index in [4.69, 9.17) is 25.1 Å². The van der Waals surface area contributed by atoms with E-state index in [1.54, 1.807) is 11.1 Å². The number of ether oxygens (including phenoxy) is 2. The van der Waals surface area contributed by atoms with Crippen LogP contribution >= 0.6 is 0 Å². The van der Waals surface area contributed by atoms with Crippen LogP contribution in [0.3, 0.4) is 0 Å². The molecule has 1 aromatic heterocycles. The Labute approximate surface area is 253 Å². The Hall–Kier alpha value is -5.00. The minimum Gasteiger partial charge on any atom is -0.490 e. The lowest BCUT2D eigenvalue weighted by Gasteiger charge is -2.27. The number of fused-ring (bicyclic) bond motifs is 1. The van der Waals surface area contributed by atoms with Crippen LogP contribution in [0.2, 0.25) is 0 Å². The van der Waals surface area contributed by atoms with Crippen molar-refractivity contribution in [1.82, 2.24) is 9.88 Å². The fourth-order valence-electron chi connectivity index (χ4n) is 4.22. The predicted molar refractivity (Wildman–Crippen MR) is 163 cm³/mol. The number of pyridine rings is 1. The number of rotatable bonds is 10. The monoisotopic (exact) mass is 612 g/mol. The summed E-state index contributed by atoms with van der Waals surface area (Å²) in [6.07, 6.45) is -3.41. The molecule has 0 saturated heterocycles. The van der Waals surface area contributed by atoms with Gasteiger partial charge in [-0.3, -0.25) is 4.79 Å². The van der Waals surface area contributed by atoms with Crippen molar-refractivity contribution in [3.8, 4) is 11.5 Å². The van der Waals surface area contributed by atoms with E-state index in [1.807, 2.05) is 101 Å². The second-order valence-electron chi connectivity index (χ2n) is 10.00. The Morgan fingerprint density at radius 1 is 1.02 bits per heavy atom. The van der Waals surface area contributed by atoms with Crippen LogP contribution < -0.4 is 20.5 Å². The van der Waals surface area contributed by atoms with Crippen LogP contribution in [-0.2, 0) is 16.1 Å². The van der Waals surface area contributed by atoms with Gasteiger partial charge >= 0.3 is 12.1 Å². The Kier molecular flexibility index (Phi) is 11.4. The van der Waals surface area contributed by atoms with Crippen molar-refractivity contribution in [2.24, 2.45) is 0 Å². The van der Waals surface area contributed by atoms with E-state index in [2.05, 4.69) is 10.3 Å². The first-order valence-electron chi connectivity index (χ1n) is 13.7. The van der Waals surface area contributed by atoms with Crippen LogP contribution in [0.4, 0.5) is 24.7 Å². The summed E-state index contributed by atoms with van der Waals surface area (Å²) in [6, 6.07) is 22.7. The van der Waals surface area contributed by atoms with Crippen LogP contribution in [0.15, 0.2) is 79.0 Å². The summed E-state index contributed by atoms with van der Waals surface area (Å²) in [6.45, 7) is 6.84. The molecule has 1 unspecified atom stereocenters. The molecule has 1 heterocycles. The third kappa shape index (κ3) is 9.25. The highest BCUT2D eigenvalue weighted by atomic mass is 19.4. The molecule has 12 heteroatoms. The zero-order chi connectivity index (χ0) is 32.4. The van der Waals surface area contributed by atoms with Crippen LogP contribution in [0, 0.1) is 0 Å². The number of likely N-dealkylation sites (N-methyl/N-ethyl adjacent to an activating group) is 1. The average Bonchev–Trinajstić information content (AvgIpc) is 2.97. The van der Waals surface area contributed by atoms with E-state index in [0.29, 0.717) is 30.5 Å². The van der Waals surface area contributed by atoms with Gasteiger partial charge in [-0.2, -0.15) is 13.2 Å². The molecule has 0 saturated carbocycles. The molecular weight excluding hydrogens is 577 g/mol. The highest BCUT2D eigenvalue weighted by molar-refractivity contribution is 5.94. The first-order chi connectivity index (χ1) is 20.8. The van der Waals surface area contributed by atoms with Gasteiger partial charge in [0.25, 0.3) is 0 Å². The summed E-state index contributed by atoms with van der Waals surface area (Å²) in [5, 5.41) is 12.4. The number of nitrogen functional groups attached to an aromatic ring is 1. The molecule has 1 atom stereocenters. The number of nitrogens with two attached hydrogens (primary N) is 1. The maximum absolute atomic E-state index is 13.9. The quantitative estimate of drug-likeness (QED) is 0.187. The van der Waals surface area contributed by atoms with E-state index in [1.165, 1.54) is 0 Å². The summed E-state index contributed by atoms with van der Waals surface area (Å²) in [7, 11) is 1.82. The van der Waals surface area contributed by atoms with E-state index in [-0.39, 0.29) is 12.0 Å². The number of halogens is 3. The molecule has 4 N–H and O–H groups in total. The number of benzene rings is 3. The Bertz CT molecular complexity index is 1570. The van der Waals surface area contributed by atoms with Crippen LogP contribution in [0.25, 0.3) is 10.8 Å². The number of carbonyl (C=O) groups is 2. The van der Waals surface area contributed by atoms with Gasteiger partial charge in [-0.15, -0.1) is 0 Å². The van der Waals surface area contributed by atoms with E-state index < -0.39 is 18.2 Å². The van der Waals surface area contributed by atoms with Gasteiger partial charge in [0.2, 0.25) is 5.91 Å². The van der Waals surface area contributed by atoms with E-state index in [0.717, 1.165) is 27.6 Å². The van der Waals surface area contributed by atoms with Crippen molar-refractivity contribution < 1.29 is 37.3 Å². The molecule has 4 rings (SSSR count). The highest BCUT2D eigenvalue weighted by Crippen LogP contribution is 2.34. The van der Waals surface area contributed by atoms with Crippen LogP contribution in [0.1, 0.15) is 37.9 Å². The summed E-state index contributed by atoms with van der Waals surface area (Å²) in [5.41, 5.74) is 8.67. The average molecular weight is 613 g/mol. The zero-order valence-electron chi connectivity index (χ0n) is 24.8. The molecule has 0 bridgehead atoms. The van der Waals surface area contributed by atoms with Crippen molar-refractivity contribution >= 4 is 34.2 Å². The van der Waals surface area contributed by atoms with Gasteiger partial charge in [0.05, 0.1) is 12.7 Å². The minimum absolute atomic E-state index is 0.00265. The Morgan fingerprint density at radius 2 is 1.70 bits per heavy atom. The molecule has 0 spiro atoms. The molecule has 0 radical (unpaired) electrons. The second kappa shape index (κ2) is 14.9. The third-order valence-electron chi connectivity index (χ3n) is 6.20. The smallest absolute Gasteiger partial charge is 0.490 e. The molecule has 9 nitrogen and oxygen atoms in total. The number of alkyl halides is 3. The van der Waals surface area contributed by atoms with Gasteiger partial charge < -0.3 is 30.5 Å². The first-order valence-corrected chi connectivity index (χ1v) is 13.7. The Balaban J connectivity index is 0.000000676. The fraction of sp³-hybridized carbons (Fsp3) is 0.281. The molecule has 0 aliphatic rings. The fourth-order valence-corrected chi connectivity index (χ4v) is 4.22. The minimum atomic E-state index is -5.08. The van der Waals surface area contributed by atoms with E-state index >= 15 is 0 Å². The topological polar surface area (TPSA) is 127 Å². The largest absolute Gasteiger partial charge is 0.490 e. The number of carboxylic acids is 1. The SMILES string of the molecule is CCOc1cc(C(Nc2ccc3c(N)nccc3c2)C(=O)N(C)Cc2ccccc2)ccc1OC(C)C.O=C(O)C(F)(F)F. The summed E-state index contributed by atoms with van der Waals surface area (Å²) in [4.78, 5) is 28.7. The highest BCUT2D eigenvalue weighted by Gasteiger charge is 2.38. The molecule has 1 amide bonds. The number of aromatic nitrogens is 1. The number of carbonyl (C=O) groups excluding carboxylic acids is 1. The predicted octanol–water partition coefficient (Wildman–Crippen LogP) is 6.45. The number of carboxylic acid groups (broad SMARTS) is 1. The van der Waals surface area contributed by atoms with Crippen molar-refractivity contribution in [2.75, 3.05) is 24.7 Å². The molecular formula is C32H35F3N4O5. The normalized spacial score (nSPS) is 11.7. The zero-order valence-corrected chi connectivity index (χ0v) is 24.8. The van der Waals surface area contributed by atoms with Gasteiger partial charge in [-0.05, 0) is 73.7 Å². The standard InChI is InChI=1S/C30H34N4O3.C2HF3O2/c1-5-36-27-18-23(11-14-26(27)37-20(2)3)28(30(35)34(4)19-21-9-7-6-8-10-21)33-24-12-13-25-22(17-24)15-16-32-29(25)31;3-2(4,5)1(6)7/h6-18,20,28,33H,5,19H2,1-4H3,(H2,31,32);(H,6,7). The van der Waals surface area contributed by atoms with Crippen molar-refractivity contribution in [2.45, 2.75) is 45.6 Å². The van der Waals surface area contributed by atoms with Crippen molar-refractivity contribution in [1.29, 1.82) is 0 Å². The number of nitrogens with zero attached hydrogens (tertiary/aromatic N) is 2. The maximum Gasteiger partial charge on any atom is 0.490 e. The molecule has 234 valence electrons. The molecule has 44 heavy (non-hydrogen) atoms. The number of hydrogen-bond donors (Lipinski definition) is 3. The molecule has 0 fully saturated rings. The van der Waals surface area contributed by atoms with Crippen molar-refractivity contribution in [3.63, 3.8) is 0 Å². The lowest BCUT2D eigenvalue weighted by Crippen LogP contribution is -2.35. The lowest BCUT2D eigenvalue weighted by molar-refractivity contribution is -0.192. The molecule has 0 aliphatic carbocycles. The van der Waals surface area contributed by atoms with Gasteiger partial charge in [-0.25, -0.2) is 9.78 Å². The van der Waals surface area contributed by atoms with Gasteiger partial charge in [0.15, 0.2) is 11.5 Å². The molecule has 3 aromatic carbocycles.